The number of methoxy groups -OCH3 is 1. The van der Waals surface area contributed by atoms with Gasteiger partial charge in [0.1, 0.15) is 29.4 Å². The summed E-state index contributed by atoms with van der Waals surface area (Å²) in [5.74, 6) is -0.120. The Hall–Kier alpha value is -3.85. The second-order valence-corrected chi connectivity index (χ2v) is 9.84. The molecule has 5 rings (SSSR count). The van der Waals surface area contributed by atoms with Gasteiger partial charge in [-0.15, -0.1) is 0 Å². The summed E-state index contributed by atoms with van der Waals surface area (Å²) in [6.07, 6.45) is 1.39. The second-order valence-electron chi connectivity index (χ2n) is 8.87. The fourth-order valence-electron chi connectivity index (χ4n) is 4.33. The number of thiazole rings is 1. The van der Waals surface area contributed by atoms with Crippen LogP contribution in [0.4, 0.5) is 18.2 Å². The van der Waals surface area contributed by atoms with E-state index in [2.05, 4.69) is 24.9 Å². The number of ether oxygens (including phenoxy) is 2. The number of fused-ring (bicyclic) bond motifs is 1. The highest BCUT2D eigenvalue weighted by Gasteiger charge is 2.38. The van der Waals surface area contributed by atoms with E-state index in [1.807, 2.05) is 17.9 Å². The van der Waals surface area contributed by atoms with Gasteiger partial charge in [-0.05, 0) is 19.1 Å². The average molecular weight is 563 g/mol. The second kappa shape index (κ2) is 11.1. The van der Waals surface area contributed by atoms with Crippen molar-refractivity contribution < 1.29 is 27.4 Å². The number of carbonyl (C=O) groups is 1. The van der Waals surface area contributed by atoms with Crippen LogP contribution in [0.2, 0.25) is 0 Å². The summed E-state index contributed by atoms with van der Waals surface area (Å²) in [6, 6.07) is 3.42. The molecule has 0 spiro atoms. The molecule has 1 atom stereocenters. The van der Waals surface area contributed by atoms with Crippen molar-refractivity contribution in [2.75, 3.05) is 44.9 Å². The molecule has 4 aromatic rings. The first kappa shape index (κ1) is 26.7. The van der Waals surface area contributed by atoms with Gasteiger partial charge in [-0.1, -0.05) is 11.3 Å². The van der Waals surface area contributed by atoms with Crippen molar-refractivity contribution in [3.8, 4) is 17.3 Å². The smallest absolute Gasteiger partial charge is 0.443 e. The number of imidazole rings is 1. The molecule has 15 heteroatoms. The van der Waals surface area contributed by atoms with Crippen molar-refractivity contribution in [2.24, 2.45) is 0 Å². The number of aromatic nitrogens is 6. The predicted molar refractivity (Wildman–Crippen MR) is 136 cm³/mol. The van der Waals surface area contributed by atoms with E-state index >= 15 is 0 Å². The third kappa shape index (κ3) is 5.78. The van der Waals surface area contributed by atoms with E-state index in [0.717, 1.165) is 0 Å². The lowest BCUT2D eigenvalue weighted by atomic mass is 10.1. The van der Waals surface area contributed by atoms with Crippen LogP contribution in [0.25, 0.3) is 22.4 Å². The molecule has 1 aliphatic heterocycles. The Morgan fingerprint density at radius 1 is 1.15 bits per heavy atom. The van der Waals surface area contributed by atoms with Gasteiger partial charge in [0.05, 0.1) is 12.9 Å². The number of hydrogen-bond acceptors (Lipinski definition) is 10. The van der Waals surface area contributed by atoms with Crippen molar-refractivity contribution in [2.45, 2.75) is 25.7 Å². The number of halogens is 3. The molecule has 0 aliphatic carbocycles. The lowest BCUT2D eigenvalue weighted by Gasteiger charge is -2.40. The van der Waals surface area contributed by atoms with E-state index in [-0.39, 0.29) is 36.8 Å². The number of nitrogens with zero attached hydrogens (tertiary/aromatic N) is 8. The standard InChI is InChI=1S/C24H25F3N8O3S/c1-15-12-33(6-7-35(15)18(36)13-34-14-31-17-4-3-5-28-20(17)34)21-19(32-22(39-21)24(25,26)27)16-10-29-23(30-11-16)38-9-8-37-2/h3-5,10-11,14-15H,6-9,12-13H2,1-2H3/t15-/m1/s1. The quantitative estimate of drug-likeness (QED) is 0.299. The topological polar surface area (TPSA) is 111 Å². The van der Waals surface area contributed by atoms with E-state index in [9.17, 15) is 18.0 Å². The van der Waals surface area contributed by atoms with Gasteiger partial charge < -0.3 is 23.8 Å². The predicted octanol–water partition coefficient (Wildman–Crippen LogP) is 3.13. The third-order valence-electron chi connectivity index (χ3n) is 6.19. The van der Waals surface area contributed by atoms with Gasteiger partial charge in [-0.25, -0.2) is 24.9 Å². The minimum absolute atomic E-state index is 0.0675. The number of amides is 1. The van der Waals surface area contributed by atoms with Crippen LogP contribution in [-0.2, 0) is 22.3 Å². The highest BCUT2D eigenvalue weighted by Crippen LogP contribution is 2.43. The maximum absolute atomic E-state index is 13.6. The van der Waals surface area contributed by atoms with Crippen LogP contribution >= 0.6 is 11.3 Å². The van der Waals surface area contributed by atoms with Crippen LogP contribution in [0.3, 0.4) is 0 Å². The van der Waals surface area contributed by atoms with Gasteiger partial charge in [-0.3, -0.25) is 4.79 Å². The van der Waals surface area contributed by atoms with E-state index in [0.29, 0.717) is 59.3 Å². The zero-order chi connectivity index (χ0) is 27.6. The molecule has 11 nitrogen and oxygen atoms in total. The molecule has 0 N–H and O–H groups in total. The average Bonchev–Trinajstić information content (AvgIpc) is 3.54. The van der Waals surface area contributed by atoms with Crippen molar-refractivity contribution in [1.29, 1.82) is 0 Å². The molecule has 1 saturated heterocycles. The molecule has 39 heavy (non-hydrogen) atoms. The molecule has 0 saturated carbocycles. The van der Waals surface area contributed by atoms with Crippen molar-refractivity contribution in [1.82, 2.24) is 34.4 Å². The highest BCUT2D eigenvalue weighted by atomic mass is 32.1. The Bertz CT molecular complexity index is 1440. The van der Waals surface area contributed by atoms with Crippen LogP contribution in [0.15, 0.2) is 37.1 Å². The fraction of sp³-hybridized carbons (Fsp3) is 0.417. The maximum atomic E-state index is 13.6. The summed E-state index contributed by atoms with van der Waals surface area (Å²) in [7, 11) is 1.53. The molecule has 0 bridgehead atoms. The Morgan fingerprint density at radius 3 is 2.67 bits per heavy atom. The number of rotatable bonds is 8. The molecule has 0 radical (unpaired) electrons. The molecule has 206 valence electrons. The minimum atomic E-state index is -4.60. The van der Waals surface area contributed by atoms with Crippen LogP contribution in [0.1, 0.15) is 11.9 Å². The van der Waals surface area contributed by atoms with Crippen molar-refractivity contribution in [3.63, 3.8) is 0 Å². The minimum Gasteiger partial charge on any atom is -0.461 e. The highest BCUT2D eigenvalue weighted by molar-refractivity contribution is 7.16. The fourth-order valence-corrected chi connectivity index (χ4v) is 5.32. The number of carbonyl (C=O) groups excluding carboxylic acids is 1. The Kier molecular flexibility index (Phi) is 7.61. The largest absolute Gasteiger partial charge is 0.461 e. The van der Waals surface area contributed by atoms with E-state index in [1.54, 1.807) is 28.1 Å². The monoisotopic (exact) mass is 562 g/mol. The van der Waals surface area contributed by atoms with E-state index in [4.69, 9.17) is 9.47 Å². The lowest BCUT2D eigenvalue weighted by Crippen LogP contribution is -2.54. The number of hydrogen-bond donors (Lipinski definition) is 0. The molecule has 1 amide bonds. The van der Waals surface area contributed by atoms with Gasteiger partial charge in [0.15, 0.2) is 5.65 Å². The molecular weight excluding hydrogens is 537 g/mol. The van der Waals surface area contributed by atoms with E-state index < -0.39 is 11.2 Å². The van der Waals surface area contributed by atoms with Gasteiger partial charge in [0, 0.05) is 56.9 Å². The summed E-state index contributed by atoms with van der Waals surface area (Å²) in [5.41, 5.74) is 1.78. The molecule has 4 aromatic heterocycles. The van der Waals surface area contributed by atoms with Crippen LogP contribution < -0.4 is 9.64 Å². The summed E-state index contributed by atoms with van der Waals surface area (Å²) in [5, 5.41) is -0.610. The lowest BCUT2D eigenvalue weighted by molar-refractivity contribution is -0.137. The Balaban J connectivity index is 1.33. The van der Waals surface area contributed by atoms with Gasteiger partial charge in [0.2, 0.25) is 10.9 Å². The summed E-state index contributed by atoms with van der Waals surface area (Å²) < 4.78 is 52.9. The van der Waals surface area contributed by atoms with Crippen molar-refractivity contribution >= 4 is 33.4 Å². The first-order valence-electron chi connectivity index (χ1n) is 12.1. The summed E-state index contributed by atoms with van der Waals surface area (Å²) in [6.45, 7) is 3.53. The van der Waals surface area contributed by atoms with Crippen LogP contribution in [0.5, 0.6) is 6.01 Å². The van der Waals surface area contributed by atoms with Crippen LogP contribution in [-0.4, -0.2) is 86.3 Å². The van der Waals surface area contributed by atoms with Gasteiger partial charge in [0.25, 0.3) is 0 Å². The summed E-state index contributed by atoms with van der Waals surface area (Å²) >= 11 is 0.568. The molecule has 1 fully saturated rings. The maximum Gasteiger partial charge on any atom is 0.443 e. The molecule has 1 aliphatic rings. The third-order valence-corrected chi connectivity index (χ3v) is 7.35. The molecular formula is C24H25F3N8O3S. The molecule has 5 heterocycles. The number of anilines is 1. The Morgan fingerprint density at radius 2 is 1.95 bits per heavy atom. The zero-order valence-electron chi connectivity index (χ0n) is 21.1. The van der Waals surface area contributed by atoms with Gasteiger partial charge in [-0.2, -0.15) is 13.2 Å². The normalized spacial score (nSPS) is 16.2. The summed E-state index contributed by atoms with van der Waals surface area (Å²) in [4.78, 5) is 37.4. The molecule has 0 unspecified atom stereocenters. The van der Waals surface area contributed by atoms with E-state index in [1.165, 1.54) is 19.5 Å². The Labute approximate surface area is 225 Å². The van der Waals surface area contributed by atoms with Gasteiger partial charge >= 0.3 is 12.2 Å². The SMILES string of the molecule is COCCOc1ncc(-c2nc(C(F)(F)F)sc2N2CCN(C(=O)Cn3cnc4cccnc43)[C@H](C)C2)cn1. The number of alkyl halides is 3. The molecule has 0 aromatic carbocycles. The number of pyridine rings is 1. The first-order valence-corrected chi connectivity index (χ1v) is 12.9. The van der Waals surface area contributed by atoms with Crippen LogP contribution in [0, 0.1) is 0 Å². The van der Waals surface area contributed by atoms with Crippen molar-refractivity contribution in [3.05, 3.63) is 42.1 Å². The first-order chi connectivity index (χ1) is 18.7. The zero-order valence-corrected chi connectivity index (χ0v) is 21.9. The number of piperazine rings is 1.